The number of hydrogen-bond acceptors (Lipinski definition) is 3. The lowest BCUT2D eigenvalue weighted by Gasteiger charge is -2.35. The molecule has 1 aliphatic rings. The van der Waals surface area contributed by atoms with Gasteiger partial charge in [-0.05, 0) is 6.42 Å². The molecule has 2 unspecified atom stereocenters. The van der Waals surface area contributed by atoms with Crippen LogP contribution in [0.5, 0.6) is 0 Å². The first-order valence-corrected chi connectivity index (χ1v) is 4.74. The Hall–Kier alpha value is -0.120. The van der Waals surface area contributed by atoms with Gasteiger partial charge in [0, 0.05) is 26.0 Å². The summed E-state index contributed by atoms with van der Waals surface area (Å²) < 4.78 is 5.50. The highest BCUT2D eigenvalue weighted by molar-refractivity contribution is 4.86. The van der Waals surface area contributed by atoms with E-state index in [1.54, 1.807) is 0 Å². The molecule has 1 fully saturated rings. The predicted molar refractivity (Wildman–Crippen MR) is 47.9 cm³/mol. The van der Waals surface area contributed by atoms with Crippen molar-refractivity contribution >= 4 is 0 Å². The summed E-state index contributed by atoms with van der Waals surface area (Å²) in [6.45, 7) is 3.13. The Kier molecular flexibility index (Phi) is 3.50. The van der Waals surface area contributed by atoms with Gasteiger partial charge in [0.15, 0.2) is 0 Å². The van der Waals surface area contributed by atoms with Gasteiger partial charge in [-0.1, -0.05) is 13.3 Å². The maximum atomic E-state index is 9.87. The molecular weight excluding hydrogens is 154 g/mol. The minimum Gasteiger partial charge on any atom is -0.388 e. The first-order chi connectivity index (χ1) is 5.70. The van der Waals surface area contributed by atoms with E-state index in [9.17, 15) is 5.11 Å². The fourth-order valence-electron chi connectivity index (χ4n) is 1.69. The first kappa shape index (κ1) is 9.96. The summed E-state index contributed by atoms with van der Waals surface area (Å²) in [6.07, 6.45) is 3.74. The largest absolute Gasteiger partial charge is 0.388 e. The molecule has 3 nitrogen and oxygen atoms in total. The second-order valence-corrected chi connectivity index (χ2v) is 3.66. The molecule has 0 aromatic heterocycles. The predicted octanol–water partition coefficient (Wildman–Crippen LogP) is 0.655. The van der Waals surface area contributed by atoms with Gasteiger partial charge in [0.1, 0.15) is 0 Å². The highest BCUT2D eigenvalue weighted by Gasteiger charge is 2.33. The van der Waals surface area contributed by atoms with Crippen molar-refractivity contribution in [3.05, 3.63) is 0 Å². The third kappa shape index (κ3) is 2.44. The van der Waals surface area contributed by atoms with Gasteiger partial charge in [-0.25, -0.2) is 0 Å². The standard InChI is InChI=1S/C9H19NO2/c1-2-3-8-6-9(11,7-10)4-5-12-8/h8,11H,2-7,10H2,1H3. The quantitative estimate of drug-likeness (QED) is 0.659. The van der Waals surface area contributed by atoms with E-state index in [4.69, 9.17) is 10.5 Å². The number of hydrogen-bond donors (Lipinski definition) is 2. The zero-order valence-electron chi connectivity index (χ0n) is 7.75. The van der Waals surface area contributed by atoms with Gasteiger partial charge >= 0.3 is 0 Å². The molecule has 0 radical (unpaired) electrons. The molecule has 1 heterocycles. The average molecular weight is 173 g/mol. The molecule has 0 spiro atoms. The molecule has 0 aromatic carbocycles. The normalized spacial score (nSPS) is 36.8. The van der Waals surface area contributed by atoms with Crippen LogP contribution >= 0.6 is 0 Å². The Morgan fingerprint density at radius 1 is 1.67 bits per heavy atom. The molecule has 0 aromatic rings. The van der Waals surface area contributed by atoms with Crippen molar-refractivity contribution in [2.24, 2.45) is 5.73 Å². The second-order valence-electron chi connectivity index (χ2n) is 3.66. The first-order valence-electron chi connectivity index (χ1n) is 4.74. The molecule has 0 amide bonds. The van der Waals surface area contributed by atoms with Crippen LogP contribution in [0.4, 0.5) is 0 Å². The number of rotatable bonds is 3. The summed E-state index contributed by atoms with van der Waals surface area (Å²) in [5, 5.41) is 9.87. The summed E-state index contributed by atoms with van der Waals surface area (Å²) in [5.74, 6) is 0. The monoisotopic (exact) mass is 173 g/mol. The number of ether oxygens (including phenoxy) is 1. The minimum atomic E-state index is -0.655. The van der Waals surface area contributed by atoms with Crippen molar-refractivity contribution in [3.8, 4) is 0 Å². The molecule has 0 bridgehead atoms. The van der Waals surface area contributed by atoms with E-state index < -0.39 is 5.60 Å². The molecule has 3 heteroatoms. The third-order valence-electron chi connectivity index (χ3n) is 2.52. The van der Waals surface area contributed by atoms with E-state index in [-0.39, 0.29) is 6.10 Å². The van der Waals surface area contributed by atoms with Crippen LogP contribution in [0.3, 0.4) is 0 Å². The smallest absolute Gasteiger partial charge is 0.0815 e. The average Bonchev–Trinajstić information content (AvgIpc) is 2.05. The fraction of sp³-hybridized carbons (Fsp3) is 1.00. The van der Waals surface area contributed by atoms with Crippen LogP contribution in [-0.2, 0) is 4.74 Å². The van der Waals surface area contributed by atoms with Crippen molar-refractivity contribution in [1.29, 1.82) is 0 Å². The Morgan fingerprint density at radius 3 is 3.00 bits per heavy atom. The molecule has 72 valence electrons. The van der Waals surface area contributed by atoms with Crippen LogP contribution in [0.15, 0.2) is 0 Å². The van der Waals surface area contributed by atoms with E-state index in [2.05, 4.69) is 6.92 Å². The molecule has 2 atom stereocenters. The van der Waals surface area contributed by atoms with Gasteiger partial charge in [-0.15, -0.1) is 0 Å². The molecular formula is C9H19NO2. The van der Waals surface area contributed by atoms with Crippen LogP contribution in [0, 0.1) is 0 Å². The maximum absolute atomic E-state index is 9.87. The van der Waals surface area contributed by atoms with Crippen LogP contribution in [0.25, 0.3) is 0 Å². The maximum Gasteiger partial charge on any atom is 0.0815 e. The Morgan fingerprint density at radius 2 is 2.42 bits per heavy atom. The van der Waals surface area contributed by atoms with Gasteiger partial charge in [0.2, 0.25) is 0 Å². The summed E-state index contributed by atoms with van der Waals surface area (Å²) >= 11 is 0. The van der Waals surface area contributed by atoms with Gasteiger partial charge in [0.25, 0.3) is 0 Å². The van der Waals surface area contributed by atoms with E-state index in [0.29, 0.717) is 26.0 Å². The zero-order chi connectivity index (χ0) is 9.03. The lowest BCUT2D eigenvalue weighted by atomic mass is 9.89. The molecule has 0 aliphatic carbocycles. The number of nitrogens with two attached hydrogens (primary N) is 1. The van der Waals surface area contributed by atoms with Gasteiger partial charge in [-0.3, -0.25) is 0 Å². The zero-order valence-corrected chi connectivity index (χ0v) is 7.75. The lowest BCUT2D eigenvalue weighted by Crippen LogP contribution is -2.46. The molecule has 12 heavy (non-hydrogen) atoms. The Bertz CT molecular complexity index is 138. The number of aliphatic hydroxyl groups is 1. The van der Waals surface area contributed by atoms with Crippen LogP contribution in [-0.4, -0.2) is 30.0 Å². The van der Waals surface area contributed by atoms with Crippen LogP contribution in [0.2, 0.25) is 0 Å². The van der Waals surface area contributed by atoms with Crippen LogP contribution in [0.1, 0.15) is 32.6 Å². The van der Waals surface area contributed by atoms with Crippen LogP contribution < -0.4 is 5.73 Å². The van der Waals surface area contributed by atoms with Crippen molar-refractivity contribution in [2.45, 2.75) is 44.3 Å². The summed E-state index contributed by atoms with van der Waals surface area (Å²) in [4.78, 5) is 0. The molecule has 1 saturated heterocycles. The van der Waals surface area contributed by atoms with E-state index in [1.807, 2.05) is 0 Å². The summed E-state index contributed by atoms with van der Waals surface area (Å²) in [7, 11) is 0. The summed E-state index contributed by atoms with van der Waals surface area (Å²) in [5.41, 5.74) is 4.84. The topological polar surface area (TPSA) is 55.5 Å². The van der Waals surface area contributed by atoms with E-state index in [0.717, 1.165) is 12.8 Å². The van der Waals surface area contributed by atoms with Crippen molar-refractivity contribution < 1.29 is 9.84 Å². The molecule has 0 saturated carbocycles. The van der Waals surface area contributed by atoms with Gasteiger partial charge < -0.3 is 15.6 Å². The van der Waals surface area contributed by atoms with E-state index in [1.165, 1.54) is 0 Å². The summed E-state index contributed by atoms with van der Waals surface area (Å²) in [6, 6.07) is 0. The highest BCUT2D eigenvalue weighted by atomic mass is 16.5. The van der Waals surface area contributed by atoms with Crippen molar-refractivity contribution in [2.75, 3.05) is 13.2 Å². The van der Waals surface area contributed by atoms with Gasteiger partial charge in [-0.2, -0.15) is 0 Å². The Labute approximate surface area is 73.9 Å². The molecule has 3 N–H and O–H groups in total. The highest BCUT2D eigenvalue weighted by Crippen LogP contribution is 2.25. The van der Waals surface area contributed by atoms with Crippen molar-refractivity contribution in [3.63, 3.8) is 0 Å². The second kappa shape index (κ2) is 4.21. The van der Waals surface area contributed by atoms with Gasteiger partial charge in [0.05, 0.1) is 11.7 Å². The molecule has 1 rings (SSSR count). The van der Waals surface area contributed by atoms with Crippen molar-refractivity contribution in [1.82, 2.24) is 0 Å². The molecule has 1 aliphatic heterocycles. The Balaban J connectivity index is 2.39. The SMILES string of the molecule is CCCC1CC(O)(CN)CCO1. The third-order valence-corrected chi connectivity index (χ3v) is 2.52. The lowest BCUT2D eigenvalue weighted by molar-refractivity contribution is -0.1000. The minimum absolute atomic E-state index is 0.220. The fourth-order valence-corrected chi connectivity index (χ4v) is 1.69. The van der Waals surface area contributed by atoms with E-state index >= 15 is 0 Å².